The SMILES string of the molecule is Cc1ccccc1-c1ccc2c(c1)c1ccccc1n2-c1cc(C#N)c(-c2nc(-c3ccccc3)nc(-c3ccccc3)n2)cc1-n1c2ccccc2c2cc(-c3ccccc3C)ccc21. The summed E-state index contributed by atoms with van der Waals surface area (Å²) >= 11 is 0. The van der Waals surface area contributed by atoms with Crippen LogP contribution in [0.3, 0.4) is 0 Å². The number of nitrogens with zero attached hydrogens (tertiary/aromatic N) is 6. The lowest BCUT2D eigenvalue weighted by Gasteiger charge is -2.19. The Labute approximate surface area is 382 Å². The standard InChI is InChI=1S/C60H40N6/c1-38-17-9-11-23-45(38)42-29-31-54-50(33-42)47-25-13-15-27-52(47)65(54)56-35-44(37-61)49(60-63-58(40-19-5-3-6-20-40)62-59(64-60)41-21-7-4-8-22-41)36-57(56)66-53-28-16-14-26-48(53)51-34-43(30-32-55(51)66)46-24-12-10-18-39(46)2/h3-36H,1-2H3. The summed E-state index contributed by atoms with van der Waals surface area (Å²) < 4.78 is 4.68. The summed E-state index contributed by atoms with van der Waals surface area (Å²) in [6.07, 6.45) is 0. The minimum atomic E-state index is 0.416. The van der Waals surface area contributed by atoms with Crippen LogP contribution in [0, 0.1) is 25.2 Å². The Kier molecular flexibility index (Phi) is 9.22. The molecule has 66 heavy (non-hydrogen) atoms. The van der Waals surface area contributed by atoms with E-state index < -0.39 is 0 Å². The molecule has 0 fully saturated rings. The van der Waals surface area contributed by atoms with Gasteiger partial charge >= 0.3 is 0 Å². The third-order valence-corrected chi connectivity index (χ3v) is 12.9. The Morgan fingerprint density at radius 3 is 1.24 bits per heavy atom. The van der Waals surface area contributed by atoms with E-state index in [0.717, 1.165) is 77.2 Å². The molecule has 0 atom stereocenters. The van der Waals surface area contributed by atoms with Crippen molar-refractivity contribution in [3.8, 4) is 73.9 Å². The van der Waals surface area contributed by atoms with E-state index >= 15 is 0 Å². The van der Waals surface area contributed by atoms with E-state index in [4.69, 9.17) is 15.0 Å². The molecule has 0 spiro atoms. The van der Waals surface area contributed by atoms with Gasteiger partial charge in [-0.05, 0) is 95.8 Å². The second-order valence-corrected chi connectivity index (χ2v) is 16.8. The van der Waals surface area contributed by atoms with Crippen LogP contribution < -0.4 is 0 Å². The van der Waals surface area contributed by atoms with E-state index in [0.29, 0.717) is 28.6 Å². The fraction of sp³-hybridized carbons (Fsp3) is 0.0333. The van der Waals surface area contributed by atoms with Gasteiger partial charge in [0.05, 0.1) is 45.1 Å². The lowest BCUT2D eigenvalue weighted by molar-refractivity contribution is 1.06. The van der Waals surface area contributed by atoms with Crippen molar-refractivity contribution in [1.82, 2.24) is 24.1 Å². The van der Waals surface area contributed by atoms with Crippen LogP contribution in [0.25, 0.3) is 111 Å². The molecule has 3 aromatic heterocycles. The van der Waals surface area contributed by atoms with Crippen LogP contribution in [-0.4, -0.2) is 24.1 Å². The Bertz CT molecular complexity index is 3850. The largest absolute Gasteiger partial charge is 0.307 e. The molecule has 9 aromatic carbocycles. The van der Waals surface area contributed by atoms with Crippen molar-refractivity contribution in [2.24, 2.45) is 0 Å². The third kappa shape index (κ3) is 6.37. The molecule has 0 bridgehead atoms. The molecule has 3 heterocycles. The van der Waals surface area contributed by atoms with Gasteiger partial charge in [0, 0.05) is 38.2 Å². The lowest BCUT2D eigenvalue weighted by atomic mass is 9.99. The fourth-order valence-electron chi connectivity index (χ4n) is 9.74. The molecule has 0 radical (unpaired) electrons. The normalized spacial score (nSPS) is 11.5. The smallest absolute Gasteiger partial charge is 0.165 e. The molecule has 0 aliphatic rings. The van der Waals surface area contributed by atoms with Crippen molar-refractivity contribution in [3.05, 3.63) is 223 Å². The summed E-state index contributed by atoms with van der Waals surface area (Å²) in [7, 11) is 0. The highest BCUT2D eigenvalue weighted by Gasteiger charge is 2.25. The number of aryl methyl sites for hydroxylation is 2. The molecule has 6 heteroatoms. The molecule has 0 unspecified atom stereocenters. The third-order valence-electron chi connectivity index (χ3n) is 12.9. The van der Waals surface area contributed by atoms with Gasteiger partial charge in [-0.25, -0.2) is 15.0 Å². The van der Waals surface area contributed by atoms with Gasteiger partial charge in [-0.3, -0.25) is 0 Å². The number of nitriles is 1. The predicted molar refractivity (Wildman–Crippen MR) is 270 cm³/mol. The minimum Gasteiger partial charge on any atom is -0.307 e. The first-order valence-electron chi connectivity index (χ1n) is 22.2. The molecular formula is C60H40N6. The molecule has 310 valence electrons. The minimum absolute atomic E-state index is 0.416. The Morgan fingerprint density at radius 1 is 0.348 bits per heavy atom. The van der Waals surface area contributed by atoms with Crippen molar-refractivity contribution in [2.75, 3.05) is 0 Å². The van der Waals surface area contributed by atoms with Crippen LogP contribution in [0.15, 0.2) is 206 Å². The highest BCUT2D eigenvalue weighted by atomic mass is 15.1. The Morgan fingerprint density at radius 2 is 0.758 bits per heavy atom. The van der Waals surface area contributed by atoms with Crippen molar-refractivity contribution in [2.45, 2.75) is 13.8 Å². The number of para-hydroxylation sites is 2. The first-order valence-corrected chi connectivity index (χ1v) is 22.2. The van der Waals surface area contributed by atoms with E-state index in [1.165, 1.54) is 22.3 Å². The van der Waals surface area contributed by atoms with Gasteiger partial charge < -0.3 is 9.13 Å². The average Bonchev–Trinajstić information content (AvgIpc) is 3.88. The molecule has 12 rings (SSSR count). The van der Waals surface area contributed by atoms with Gasteiger partial charge in [0.2, 0.25) is 0 Å². The maximum absolute atomic E-state index is 11.3. The molecule has 12 aromatic rings. The number of benzene rings is 9. The molecule has 0 aliphatic heterocycles. The number of hydrogen-bond acceptors (Lipinski definition) is 4. The van der Waals surface area contributed by atoms with Crippen LogP contribution in [0.5, 0.6) is 0 Å². The van der Waals surface area contributed by atoms with E-state index in [1.807, 2.05) is 66.7 Å². The van der Waals surface area contributed by atoms with E-state index in [-0.39, 0.29) is 0 Å². The zero-order valence-electron chi connectivity index (χ0n) is 36.3. The van der Waals surface area contributed by atoms with Crippen LogP contribution in [-0.2, 0) is 0 Å². The summed E-state index contributed by atoms with van der Waals surface area (Å²) in [6, 6.07) is 74.4. The Hall–Kier alpha value is -8.92. The summed E-state index contributed by atoms with van der Waals surface area (Å²) in [6.45, 7) is 4.32. The average molecular weight is 845 g/mol. The van der Waals surface area contributed by atoms with Crippen LogP contribution in [0.1, 0.15) is 16.7 Å². The highest BCUT2D eigenvalue weighted by Crippen LogP contribution is 2.43. The maximum Gasteiger partial charge on any atom is 0.165 e. The molecule has 0 saturated heterocycles. The number of aromatic nitrogens is 5. The van der Waals surface area contributed by atoms with Gasteiger partial charge in [0.15, 0.2) is 17.5 Å². The van der Waals surface area contributed by atoms with Crippen molar-refractivity contribution in [1.29, 1.82) is 5.26 Å². The fourth-order valence-corrected chi connectivity index (χ4v) is 9.74. The summed E-state index contributed by atoms with van der Waals surface area (Å²) in [5, 5.41) is 15.8. The monoisotopic (exact) mass is 844 g/mol. The van der Waals surface area contributed by atoms with Gasteiger partial charge in [-0.1, -0.05) is 158 Å². The predicted octanol–water partition coefficient (Wildman–Crippen LogP) is 14.9. The number of rotatable bonds is 7. The molecule has 0 amide bonds. The van der Waals surface area contributed by atoms with Crippen molar-refractivity contribution in [3.63, 3.8) is 0 Å². The van der Waals surface area contributed by atoms with E-state index in [1.54, 1.807) is 0 Å². The van der Waals surface area contributed by atoms with Crippen LogP contribution >= 0.6 is 0 Å². The molecule has 0 aliphatic carbocycles. The summed E-state index contributed by atoms with van der Waals surface area (Å²) in [4.78, 5) is 15.3. The van der Waals surface area contributed by atoms with Crippen LogP contribution in [0.4, 0.5) is 0 Å². The second-order valence-electron chi connectivity index (χ2n) is 16.8. The van der Waals surface area contributed by atoms with E-state index in [2.05, 4.69) is 169 Å². The first kappa shape index (κ1) is 38.7. The van der Waals surface area contributed by atoms with Crippen molar-refractivity contribution < 1.29 is 0 Å². The number of fused-ring (bicyclic) bond motifs is 6. The molecular weight excluding hydrogens is 805 g/mol. The lowest BCUT2D eigenvalue weighted by Crippen LogP contribution is -2.07. The molecule has 0 N–H and O–H groups in total. The summed E-state index contributed by atoms with van der Waals surface area (Å²) in [5.41, 5.74) is 15.8. The Balaban J connectivity index is 1.19. The molecule has 6 nitrogen and oxygen atoms in total. The van der Waals surface area contributed by atoms with Gasteiger partial charge in [0.1, 0.15) is 0 Å². The first-order chi connectivity index (χ1) is 32.5. The quantitative estimate of drug-likeness (QED) is 0.160. The highest BCUT2D eigenvalue weighted by molar-refractivity contribution is 6.13. The van der Waals surface area contributed by atoms with Gasteiger partial charge in [-0.15, -0.1) is 0 Å². The van der Waals surface area contributed by atoms with Crippen LogP contribution in [0.2, 0.25) is 0 Å². The van der Waals surface area contributed by atoms with Crippen molar-refractivity contribution >= 4 is 43.6 Å². The maximum atomic E-state index is 11.3. The second kappa shape index (κ2) is 15.7. The van der Waals surface area contributed by atoms with Gasteiger partial charge in [0.25, 0.3) is 0 Å². The zero-order chi connectivity index (χ0) is 44.3. The van der Waals surface area contributed by atoms with Gasteiger partial charge in [-0.2, -0.15) is 5.26 Å². The topological polar surface area (TPSA) is 72.3 Å². The number of hydrogen-bond donors (Lipinski definition) is 0. The van der Waals surface area contributed by atoms with E-state index in [9.17, 15) is 5.26 Å². The molecule has 0 saturated carbocycles. The summed E-state index contributed by atoms with van der Waals surface area (Å²) in [5.74, 6) is 1.47. The zero-order valence-corrected chi connectivity index (χ0v) is 36.3.